The van der Waals surface area contributed by atoms with Gasteiger partial charge in [0.05, 0.1) is 32.6 Å². The Morgan fingerprint density at radius 1 is 1.09 bits per heavy atom. The number of methoxy groups -OCH3 is 1. The van der Waals surface area contributed by atoms with Gasteiger partial charge < -0.3 is 14.4 Å². The van der Waals surface area contributed by atoms with Gasteiger partial charge in [0.15, 0.2) is 17.4 Å². The number of anilines is 1. The molecule has 34 heavy (non-hydrogen) atoms. The second-order valence-electron chi connectivity index (χ2n) is 8.37. The van der Waals surface area contributed by atoms with Gasteiger partial charge in [0.25, 0.3) is 0 Å². The van der Waals surface area contributed by atoms with Crippen molar-refractivity contribution < 1.29 is 9.47 Å². The van der Waals surface area contributed by atoms with Crippen molar-refractivity contribution in [3.05, 3.63) is 48.0 Å². The number of aryl methyl sites for hydroxylation is 1. The first kappa shape index (κ1) is 20.5. The van der Waals surface area contributed by atoms with Crippen molar-refractivity contribution in [2.75, 3.05) is 25.2 Å². The Labute approximate surface area is 195 Å². The highest BCUT2D eigenvalue weighted by molar-refractivity contribution is 5.69. The summed E-state index contributed by atoms with van der Waals surface area (Å²) in [6.45, 7) is 1.97. The Kier molecular flexibility index (Phi) is 5.01. The first-order valence-corrected chi connectivity index (χ1v) is 11.2. The second-order valence-corrected chi connectivity index (χ2v) is 8.37. The van der Waals surface area contributed by atoms with E-state index in [1.165, 1.54) is 4.80 Å². The topological polar surface area (TPSA) is 117 Å². The van der Waals surface area contributed by atoms with Gasteiger partial charge in [-0.2, -0.15) is 4.80 Å². The van der Waals surface area contributed by atoms with E-state index in [1.54, 1.807) is 26.7 Å². The fraction of sp³-hybridized carbons (Fsp3) is 0.348. The molecule has 3 aromatic heterocycles. The average Bonchev–Trinajstić information content (AvgIpc) is 3.64. The molecular weight excluding hydrogens is 434 g/mol. The average molecular weight is 457 g/mol. The summed E-state index contributed by atoms with van der Waals surface area (Å²) in [5.41, 5.74) is 3.78. The number of tetrazole rings is 1. The lowest BCUT2D eigenvalue weighted by atomic mass is 10.1. The van der Waals surface area contributed by atoms with Crippen molar-refractivity contribution in [1.82, 2.24) is 40.1 Å². The van der Waals surface area contributed by atoms with Crippen LogP contribution in [0.25, 0.3) is 22.8 Å². The standard InChI is InChI=1S/C23H23N9O2/c1-31-29-20(28-30-31)16-5-3-14(4-6-16)12-32-9-10-34-17-11-24-21(27-22(17)32)18-19(15-7-8-15)25-13-26-23(18)33-2/h3-6,11,13,15H,7-10,12H2,1-2H3. The number of aromatic nitrogens is 8. The van der Waals surface area contributed by atoms with E-state index < -0.39 is 0 Å². The van der Waals surface area contributed by atoms with Crippen LogP contribution in [0.4, 0.5) is 5.82 Å². The lowest BCUT2D eigenvalue weighted by Gasteiger charge is -2.30. The van der Waals surface area contributed by atoms with Crippen LogP contribution in [0.2, 0.25) is 0 Å². The van der Waals surface area contributed by atoms with E-state index in [9.17, 15) is 0 Å². The molecule has 0 saturated heterocycles. The maximum absolute atomic E-state index is 5.85. The Balaban J connectivity index is 1.31. The number of rotatable bonds is 6. The van der Waals surface area contributed by atoms with Crippen molar-refractivity contribution in [1.29, 1.82) is 0 Å². The molecule has 1 aliphatic carbocycles. The number of hydrogen-bond acceptors (Lipinski definition) is 10. The largest absolute Gasteiger partial charge is 0.486 e. The van der Waals surface area contributed by atoms with Gasteiger partial charge in [-0.3, -0.25) is 0 Å². The van der Waals surface area contributed by atoms with Crippen molar-refractivity contribution in [2.24, 2.45) is 7.05 Å². The molecule has 1 aromatic carbocycles. The van der Waals surface area contributed by atoms with E-state index >= 15 is 0 Å². The Morgan fingerprint density at radius 3 is 2.68 bits per heavy atom. The highest BCUT2D eigenvalue weighted by Gasteiger charge is 2.32. The molecule has 0 atom stereocenters. The molecule has 11 nitrogen and oxygen atoms in total. The fourth-order valence-corrected chi connectivity index (χ4v) is 4.13. The molecule has 4 aromatic rings. The van der Waals surface area contributed by atoms with Crippen molar-refractivity contribution >= 4 is 5.82 Å². The summed E-state index contributed by atoms with van der Waals surface area (Å²) in [4.78, 5) is 22.0. The molecule has 0 amide bonds. The SMILES string of the molecule is COc1ncnc(C2CC2)c1-c1ncc2c(n1)N(Cc1ccc(-c3nnn(C)n3)cc1)CCO2. The Morgan fingerprint density at radius 2 is 1.94 bits per heavy atom. The minimum Gasteiger partial charge on any atom is -0.486 e. The molecule has 0 N–H and O–H groups in total. The smallest absolute Gasteiger partial charge is 0.227 e. The third-order valence-corrected chi connectivity index (χ3v) is 5.97. The molecule has 1 saturated carbocycles. The minimum atomic E-state index is 0.404. The van der Waals surface area contributed by atoms with Crippen LogP contribution in [0.15, 0.2) is 36.8 Å². The molecular formula is C23H23N9O2. The van der Waals surface area contributed by atoms with Gasteiger partial charge in [0.2, 0.25) is 11.7 Å². The van der Waals surface area contributed by atoms with Gasteiger partial charge >= 0.3 is 0 Å². The van der Waals surface area contributed by atoms with Crippen LogP contribution in [0.3, 0.4) is 0 Å². The van der Waals surface area contributed by atoms with Gasteiger partial charge in [-0.25, -0.2) is 19.9 Å². The summed E-state index contributed by atoms with van der Waals surface area (Å²) >= 11 is 0. The van der Waals surface area contributed by atoms with E-state index in [1.807, 2.05) is 12.1 Å². The predicted octanol–water partition coefficient (Wildman–Crippen LogP) is 2.41. The van der Waals surface area contributed by atoms with Crippen LogP contribution in [-0.2, 0) is 13.6 Å². The number of ether oxygens (including phenoxy) is 2. The summed E-state index contributed by atoms with van der Waals surface area (Å²) in [5, 5.41) is 12.2. The van der Waals surface area contributed by atoms with E-state index in [2.05, 4.69) is 47.4 Å². The van der Waals surface area contributed by atoms with Gasteiger partial charge in [-0.05, 0) is 23.6 Å². The first-order valence-electron chi connectivity index (χ1n) is 11.2. The molecule has 1 fully saturated rings. The quantitative estimate of drug-likeness (QED) is 0.427. The highest BCUT2D eigenvalue weighted by Crippen LogP contribution is 2.45. The monoisotopic (exact) mass is 457 g/mol. The Bertz CT molecular complexity index is 1330. The lowest BCUT2D eigenvalue weighted by Crippen LogP contribution is -2.33. The summed E-state index contributed by atoms with van der Waals surface area (Å²) in [7, 11) is 3.36. The third-order valence-electron chi connectivity index (χ3n) is 5.97. The maximum atomic E-state index is 5.85. The summed E-state index contributed by atoms with van der Waals surface area (Å²) in [6.07, 6.45) is 5.49. The van der Waals surface area contributed by atoms with Crippen LogP contribution in [0.5, 0.6) is 11.6 Å². The molecule has 0 radical (unpaired) electrons. The number of fused-ring (bicyclic) bond motifs is 1. The Hall–Kier alpha value is -4.15. The predicted molar refractivity (Wildman–Crippen MR) is 122 cm³/mol. The van der Waals surface area contributed by atoms with Crippen molar-refractivity contribution in [3.63, 3.8) is 0 Å². The van der Waals surface area contributed by atoms with Gasteiger partial charge in [-0.15, -0.1) is 10.2 Å². The van der Waals surface area contributed by atoms with Crippen LogP contribution in [0.1, 0.15) is 30.0 Å². The van der Waals surface area contributed by atoms with Crippen LogP contribution < -0.4 is 14.4 Å². The molecule has 6 rings (SSSR count). The van der Waals surface area contributed by atoms with Gasteiger partial charge in [-0.1, -0.05) is 24.3 Å². The molecule has 0 unspecified atom stereocenters. The van der Waals surface area contributed by atoms with E-state index in [0.717, 1.165) is 47.6 Å². The molecule has 0 spiro atoms. The first-order chi connectivity index (χ1) is 16.7. The lowest BCUT2D eigenvalue weighted by molar-refractivity contribution is 0.303. The molecule has 2 aliphatic rings. The normalized spacial score (nSPS) is 15.1. The molecule has 11 heteroatoms. The number of hydrogen-bond donors (Lipinski definition) is 0. The second kappa shape index (κ2) is 8.32. The third kappa shape index (κ3) is 3.78. The van der Waals surface area contributed by atoms with E-state index in [0.29, 0.717) is 42.3 Å². The minimum absolute atomic E-state index is 0.404. The number of benzene rings is 1. The van der Waals surface area contributed by atoms with Crippen LogP contribution >= 0.6 is 0 Å². The van der Waals surface area contributed by atoms with E-state index in [4.69, 9.17) is 14.5 Å². The van der Waals surface area contributed by atoms with Gasteiger partial charge in [0, 0.05) is 18.0 Å². The maximum Gasteiger partial charge on any atom is 0.227 e. The molecule has 4 heterocycles. The fourth-order valence-electron chi connectivity index (χ4n) is 4.13. The van der Waals surface area contributed by atoms with Crippen LogP contribution in [0, 0.1) is 0 Å². The molecule has 172 valence electrons. The van der Waals surface area contributed by atoms with E-state index in [-0.39, 0.29) is 0 Å². The van der Waals surface area contributed by atoms with Crippen LogP contribution in [-0.4, -0.2) is 60.4 Å². The van der Waals surface area contributed by atoms with Crippen molar-refractivity contribution in [2.45, 2.75) is 25.3 Å². The summed E-state index contributed by atoms with van der Waals surface area (Å²) in [6, 6.07) is 8.16. The van der Waals surface area contributed by atoms with Crippen molar-refractivity contribution in [3.8, 4) is 34.4 Å². The zero-order chi connectivity index (χ0) is 23.1. The number of nitrogens with zero attached hydrogens (tertiary/aromatic N) is 9. The molecule has 1 aliphatic heterocycles. The summed E-state index contributed by atoms with van der Waals surface area (Å²) < 4.78 is 11.4. The highest BCUT2D eigenvalue weighted by atomic mass is 16.5. The zero-order valence-electron chi connectivity index (χ0n) is 18.9. The zero-order valence-corrected chi connectivity index (χ0v) is 18.9. The summed E-state index contributed by atoms with van der Waals surface area (Å²) in [5.74, 6) is 3.48. The van der Waals surface area contributed by atoms with Gasteiger partial charge in [0.1, 0.15) is 18.5 Å². The molecule has 0 bridgehead atoms.